The molecule has 0 aliphatic carbocycles. The number of esters is 1. The van der Waals surface area contributed by atoms with Crippen LogP contribution in [0.2, 0.25) is 0 Å². The van der Waals surface area contributed by atoms with Gasteiger partial charge in [0.1, 0.15) is 0 Å². The predicted molar refractivity (Wildman–Crippen MR) is 88.0 cm³/mol. The zero-order valence-corrected chi connectivity index (χ0v) is 14.3. The summed E-state index contributed by atoms with van der Waals surface area (Å²) >= 11 is 1.17. The van der Waals surface area contributed by atoms with E-state index in [4.69, 9.17) is 0 Å². The number of thioether (sulfide) groups is 1. The number of aromatic nitrogens is 3. The van der Waals surface area contributed by atoms with Gasteiger partial charge in [-0.1, -0.05) is 11.8 Å². The molecule has 0 spiro atoms. The quantitative estimate of drug-likeness (QED) is 0.332. The molecule has 2 rings (SSSR count). The minimum absolute atomic E-state index is 0.0860. The van der Waals surface area contributed by atoms with Crippen LogP contribution in [0.1, 0.15) is 16.2 Å². The van der Waals surface area contributed by atoms with E-state index in [2.05, 4.69) is 20.3 Å². The monoisotopic (exact) mass is 365 g/mol. The van der Waals surface area contributed by atoms with Crippen LogP contribution in [0.3, 0.4) is 0 Å². The Morgan fingerprint density at radius 1 is 1.32 bits per heavy atom. The lowest BCUT2D eigenvalue weighted by atomic mass is 10.2. The van der Waals surface area contributed by atoms with Crippen molar-refractivity contribution in [3.63, 3.8) is 0 Å². The summed E-state index contributed by atoms with van der Waals surface area (Å²) in [6.45, 7) is 0.123. The van der Waals surface area contributed by atoms with Crippen LogP contribution in [-0.2, 0) is 23.1 Å². The number of benzene rings is 1. The first-order chi connectivity index (χ1) is 11.9. The Hall–Kier alpha value is -2.95. The van der Waals surface area contributed by atoms with Gasteiger partial charge in [0.25, 0.3) is 11.6 Å². The maximum absolute atomic E-state index is 12.1. The second-order valence-electron chi connectivity index (χ2n) is 4.81. The average molecular weight is 365 g/mol. The number of carbonyl (C=O) groups is 2. The Morgan fingerprint density at radius 3 is 2.60 bits per heavy atom. The van der Waals surface area contributed by atoms with Gasteiger partial charge in [0.2, 0.25) is 0 Å². The van der Waals surface area contributed by atoms with Crippen LogP contribution in [0.4, 0.5) is 5.69 Å². The van der Waals surface area contributed by atoms with Crippen molar-refractivity contribution in [1.29, 1.82) is 0 Å². The molecule has 1 aromatic carbocycles. The molecule has 0 saturated heterocycles. The highest BCUT2D eigenvalue weighted by atomic mass is 32.2. The van der Waals surface area contributed by atoms with E-state index in [9.17, 15) is 19.7 Å². The largest absolute Gasteiger partial charge is 0.468 e. The first kappa shape index (κ1) is 18.4. The van der Waals surface area contributed by atoms with Crippen LogP contribution in [0.5, 0.6) is 0 Å². The molecule has 11 heteroatoms. The number of nitro groups is 1. The summed E-state index contributed by atoms with van der Waals surface area (Å²) < 4.78 is 6.21. The van der Waals surface area contributed by atoms with Gasteiger partial charge in [-0.2, -0.15) is 0 Å². The number of rotatable bonds is 7. The van der Waals surface area contributed by atoms with Gasteiger partial charge in [-0.25, -0.2) is 0 Å². The highest BCUT2D eigenvalue weighted by Crippen LogP contribution is 2.16. The van der Waals surface area contributed by atoms with E-state index in [0.717, 1.165) is 0 Å². The predicted octanol–water partition coefficient (Wildman–Crippen LogP) is 0.918. The summed E-state index contributed by atoms with van der Waals surface area (Å²) in [4.78, 5) is 33.3. The van der Waals surface area contributed by atoms with E-state index in [0.29, 0.717) is 16.5 Å². The average Bonchev–Trinajstić information content (AvgIpc) is 2.97. The lowest BCUT2D eigenvalue weighted by Crippen LogP contribution is -2.24. The van der Waals surface area contributed by atoms with Gasteiger partial charge in [-0.15, -0.1) is 10.2 Å². The SMILES string of the molecule is COC(=O)CSc1nnc(CNC(=O)c2ccc([N+](=O)[O-])cc2)n1C. The van der Waals surface area contributed by atoms with Gasteiger partial charge in [-0.3, -0.25) is 19.7 Å². The molecular formula is C14H15N5O5S. The molecule has 1 N–H and O–H groups in total. The third kappa shape index (κ3) is 4.76. The van der Waals surface area contributed by atoms with Gasteiger partial charge >= 0.3 is 5.97 Å². The van der Waals surface area contributed by atoms with Crippen LogP contribution < -0.4 is 5.32 Å². The molecule has 0 saturated carbocycles. The number of methoxy groups -OCH3 is 1. The number of carbonyl (C=O) groups excluding carboxylic acids is 2. The lowest BCUT2D eigenvalue weighted by Gasteiger charge is -2.06. The summed E-state index contributed by atoms with van der Waals surface area (Å²) in [7, 11) is 3.02. The molecule has 0 atom stereocenters. The highest BCUT2D eigenvalue weighted by Gasteiger charge is 2.14. The Kier molecular flexibility index (Phi) is 6.06. The van der Waals surface area contributed by atoms with Crippen LogP contribution in [0, 0.1) is 10.1 Å². The fraction of sp³-hybridized carbons (Fsp3) is 0.286. The second-order valence-corrected chi connectivity index (χ2v) is 5.75. The maximum atomic E-state index is 12.1. The summed E-state index contributed by atoms with van der Waals surface area (Å²) in [6, 6.07) is 5.28. The zero-order chi connectivity index (χ0) is 18.4. The highest BCUT2D eigenvalue weighted by molar-refractivity contribution is 7.99. The molecule has 0 fully saturated rings. The van der Waals surface area contributed by atoms with Gasteiger partial charge in [0, 0.05) is 24.7 Å². The topological polar surface area (TPSA) is 129 Å². The van der Waals surface area contributed by atoms with E-state index in [1.807, 2.05) is 0 Å². The molecule has 1 amide bonds. The molecule has 0 unspecified atom stereocenters. The fourth-order valence-corrected chi connectivity index (χ4v) is 2.57. The van der Waals surface area contributed by atoms with Crippen LogP contribution in [-0.4, -0.2) is 44.4 Å². The molecule has 1 aromatic heterocycles. The van der Waals surface area contributed by atoms with Crippen LogP contribution in [0.15, 0.2) is 29.4 Å². The normalized spacial score (nSPS) is 10.3. The summed E-state index contributed by atoms with van der Waals surface area (Å²) in [5, 5.41) is 21.7. The Morgan fingerprint density at radius 2 is 2.00 bits per heavy atom. The van der Waals surface area contributed by atoms with Crippen molar-refractivity contribution < 1.29 is 19.2 Å². The summed E-state index contributed by atoms with van der Waals surface area (Å²) in [6.07, 6.45) is 0. The minimum Gasteiger partial charge on any atom is -0.468 e. The number of hydrogen-bond acceptors (Lipinski definition) is 8. The number of hydrogen-bond donors (Lipinski definition) is 1. The molecule has 132 valence electrons. The Labute approximate surface area is 146 Å². The number of nitrogens with zero attached hydrogens (tertiary/aromatic N) is 4. The number of amides is 1. The molecule has 25 heavy (non-hydrogen) atoms. The third-order valence-corrected chi connectivity index (χ3v) is 4.21. The van der Waals surface area contributed by atoms with Crippen LogP contribution in [0.25, 0.3) is 0 Å². The standard InChI is InChI=1S/C14H15N5O5S/c1-18-11(16-17-14(18)25-8-12(20)24-2)7-15-13(21)9-3-5-10(6-4-9)19(22)23/h3-6H,7-8H2,1-2H3,(H,15,21). The van der Waals surface area contributed by atoms with Gasteiger partial charge in [0.05, 0.1) is 24.3 Å². The van der Waals surface area contributed by atoms with E-state index in [1.54, 1.807) is 11.6 Å². The smallest absolute Gasteiger partial charge is 0.316 e. The van der Waals surface area contributed by atoms with E-state index in [-0.39, 0.29) is 29.9 Å². The molecule has 0 bridgehead atoms. The van der Waals surface area contributed by atoms with E-state index in [1.165, 1.54) is 43.1 Å². The van der Waals surface area contributed by atoms with E-state index >= 15 is 0 Å². The third-order valence-electron chi connectivity index (χ3n) is 3.22. The number of non-ortho nitro benzene ring substituents is 1. The van der Waals surface area contributed by atoms with Crippen molar-refractivity contribution in [2.24, 2.45) is 7.05 Å². The van der Waals surface area contributed by atoms with E-state index < -0.39 is 4.92 Å². The van der Waals surface area contributed by atoms with Crippen molar-refractivity contribution in [2.75, 3.05) is 12.9 Å². The molecule has 10 nitrogen and oxygen atoms in total. The van der Waals surface area contributed by atoms with Crippen molar-refractivity contribution in [3.8, 4) is 0 Å². The van der Waals surface area contributed by atoms with Crippen molar-refractivity contribution in [1.82, 2.24) is 20.1 Å². The van der Waals surface area contributed by atoms with Gasteiger partial charge < -0.3 is 14.6 Å². The zero-order valence-electron chi connectivity index (χ0n) is 13.5. The minimum atomic E-state index is -0.533. The summed E-state index contributed by atoms with van der Waals surface area (Å²) in [5.41, 5.74) is 0.213. The number of nitro benzene ring substituents is 1. The second kappa shape index (κ2) is 8.24. The number of nitrogens with one attached hydrogen (secondary N) is 1. The molecule has 0 radical (unpaired) electrons. The molecule has 0 aliphatic heterocycles. The first-order valence-electron chi connectivity index (χ1n) is 7.03. The van der Waals surface area contributed by atoms with Gasteiger partial charge in [0.15, 0.2) is 11.0 Å². The van der Waals surface area contributed by atoms with Gasteiger partial charge in [-0.05, 0) is 12.1 Å². The molecule has 1 heterocycles. The molecular weight excluding hydrogens is 350 g/mol. The Bertz CT molecular complexity index is 789. The maximum Gasteiger partial charge on any atom is 0.316 e. The molecule has 0 aliphatic rings. The van der Waals surface area contributed by atoms with Crippen LogP contribution >= 0.6 is 11.8 Å². The van der Waals surface area contributed by atoms with Crippen molar-refractivity contribution in [2.45, 2.75) is 11.7 Å². The summed E-state index contributed by atoms with van der Waals surface area (Å²) in [5.74, 6) is -0.150. The Balaban J connectivity index is 1.94. The lowest BCUT2D eigenvalue weighted by molar-refractivity contribution is -0.384. The number of ether oxygens (including phenoxy) is 1. The molecule has 2 aromatic rings. The van der Waals surface area contributed by atoms with Crippen molar-refractivity contribution in [3.05, 3.63) is 45.8 Å². The van der Waals surface area contributed by atoms with Crippen molar-refractivity contribution >= 4 is 29.3 Å². The fourth-order valence-electron chi connectivity index (χ4n) is 1.80. The first-order valence-corrected chi connectivity index (χ1v) is 8.01.